The maximum absolute atomic E-state index is 4.81. The van der Waals surface area contributed by atoms with Crippen molar-refractivity contribution in [3.63, 3.8) is 0 Å². The lowest BCUT2D eigenvalue weighted by Gasteiger charge is -2.23. The molecule has 0 fully saturated rings. The summed E-state index contributed by atoms with van der Waals surface area (Å²) >= 11 is 3.61. The minimum atomic E-state index is 0.590. The Balaban J connectivity index is 2.34. The molecule has 2 aromatic heterocycles. The van der Waals surface area contributed by atoms with Crippen molar-refractivity contribution in [2.24, 2.45) is 5.92 Å². The van der Waals surface area contributed by atoms with Gasteiger partial charge in [0.15, 0.2) is 0 Å². The first-order valence-electron chi connectivity index (χ1n) is 6.24. The monoisotopic (exact) mass is 292 g/mol. The number of nitrogens with zero attached hydrogens (tertiary/aromatic N) is 2. The van der Waals surface area contributed by atoms with Crippen LogP contribution < -0.4 is 0 Å². The topological polar surface area (TPSA) is 17.3 Å². The van der Waals surface area contributed by atoms with Gasteiger partial charge in [0.1, 0.15) is 5.65 Å². The summed E-state index contributed by atoms with van der Waals surface area (Å²) < 4.78 is 3.49. The molecule has 90 valence electrons. The minimum absolute atomic E-state index is 0.590. The highest BCUT2D eigenvalue weighted by atomic mass is 79.9. The molecule has 0 spiro atoms. The van der Waals surface area contributed by atoms with Crippen LogP contribution >= 0.6 is 15.9 Å². The van der Waals surface area contributed by atoms with Gasteiger partial charge < -0.3 is 0 Å². The number of aromatic nitrogens is 2. The van der Waals surface area contributed by atoms with E-state index in [1.807, 2.05) is 0 Å². The van der Waals surface area contributed by atoms with Crippen LogP contribution in [0.15, 0.2) is 16.6 Å². The van der Waals surface area contributed by atoms with Gasteiger partial charge in [-0.1, -0.05) is 13.8 Å². The number of hydrogen-bond acceptors (Lipinski definition) is 1. The van der Waals surface area contributed by atoms with Crippen LogP contribution in [0.25, 0.3) is 5.65 Å². The van der Waals surface area contributed by atoms with Crippen LogP contribution in [0, 0.1) is 12.8 Å². The second-order valence-electron chi connectivity index (χ2n) is 5.35. The summed E-state index contributed by atoms with van der Waals surface area (Å²) in [5.41, 5.74) is 5.09. The first kappa shape index (κ1) is 11.3. The molecule has 0 bridgehead atoms. The molecule has 0 saturated heterocycles. The van der Waals surface area contributed by atoms with Gasteiger partial charge in [-0.2, -0.15) is 0 Å². The van der Waals surface area contributed by atoms with E-state index in [0.29, 0.717) is 5.92 Å². The van der Waals surface area contributed by atoms with Crippen molar-refractivity contribution in [1.29, 1.82) is 0 Å². The number of hydrogen-bond donors (Lipinski definition) is 0. The summed E-state index contributed by atoms with van der Waals surface area (Å²) in [4.78, 5) is 4.81. The van der Waals surface area contributed by atoms with E-state index < -0.39 is 0 Å². The molecule has 0 aliphatic heterocycles. The lowest BCUT2D eigenvalue weighted by Crippen LogP contribution is -2.16. The van der Waals surface area contributed by atoms with Gasteiger partial charge in [0.2, 0.25) is 0 Å². The molecule has 3 heteroatoms. The fourth-order valence-corrected chi connectivity index (χ4v) is 3.38. The van der Waals surface area contributed by atoms with Crippen molar-refractivity contribution in [1.82, 2.24) is 9.38 Å². The summed E-state index contributed by atoms with van der Waals surface area (Å²) in [5, 5.41) is 0. The average Bonchev–Trinajstić information content (AvgIpc) is 2.63. The second kappa shape index (κ2) is 3.84. The Bertz CT molecular complexity index is 585. The minimum Gasteiger partial charge on any atom is -0.300 e. The molecule has 0 amide bonds. The van der Waals surface area contributed by atoms with Gasteiger partial charge >= 0.3 is 0 Å². The maximum atomic E-state index is 4.81. The Morgan fingerprint density at radius 3 is 2.88 bits per heavy atom. The lowest BCUT2D eigenvalue weighted by atomic mass is 9.84. The summed E-state index contributed by atoms with van der Waals surface area (Å²) in [7, 11) is 0. The zero-order valence-electron chi connectivity index (χ0n) is 10.5. The number of imidazole rings is 1. The molecule has 1 aliphatic rings. The Labute approximate surface area is 110 Å². The maximum Gasteiger partial charge on any atom is 0.137 e. The highest BCUT2D eigenvalue weighted by molar-refractivity contribution is 9.10. The molecular weight excluding hydrogens is 276 g/mol. The van der Waals surface area contributed by atoms with E-state index in [0.717, 1.165) is 22.5 Å². The Kier molecular flexibility index (Phi) is 2.54. The third-order valence-corrected chi connectivity index (χ3v) is 4.69. The third kappa shape index (κ3) is 1.63. The van der Waals surface area contributed by atoms with Crippen LogP contribution in [0.1, 0.15) is 43.3 Å². The molecule has 2 nitrogen and oxygen atoms in total. The van der Waals surface area contributed by atoms with Gasteiger partial charge in [0, 0.05) is 21.8 Å². The van der Waals surface area contributed by atoms with Crippen molar-refractivity contribution < 1.29 is 0 Å². The van der Waals surface area contributed by atoms with E-state index in [2.05, 4.69) is 53.2 Å². The highest BCUT2D eigenvalue weighted by Crippen LogP contribution is 2.35. The molecule has 0 N–H and O–H groups in total. The smallest absolute Gasteiger partial charge is 0.137 e. The average molecular weight is 293 g/mol. The van der Waals surface area contributed by atoms with Crippen LogP contribution in [0.3, 0.4) is 0 Å². The molecular formula is C14H17BrN2. The summed E-state index contributed by atoms with van der Waals surface area (Å²) in [6.07, 6.45) is 2.41. The van der Waals surface area contributed by atoms with Crippen molar-refractivity contribution in [2.45, 2.75) is 39.5 Å². The Morgan fingerprint density at radius 1 is 1.35 bits per heavy atom. The molecule has 17 heavy (non-hydrogen) atoms. The van der Waals surface area contributed by atoms with Gasteiger partial charge in [-0.25, -0.2) is 4.98 Å². The molecule has 0 saturated carbocycles. The summed E-state index contributed by atoms with van der Waals surface area (Å²) in [6.45, 7) is 6.79. The van der Waals surface area contributed by atoms with Crippen molar-refractivity contribution in [2.75, 3.05) is 0 Å². The number of fused-ring (bicyclic) bond motifs is 3. The Morgan fingerprint density at radius 2 is 2.12 bits per heavy atom. The van der Waals surface area contributed by atoms with Crippen molar-refractivity contribution in [3.8, 4) is 0 Å². The van der Waals surface area contributed by atoms with E-state index in [-0.39, 0.29) is 0 Å². The van der Waals surface area contributed by atoms with Gasteiger partial charge in [-0.15, -0.1) is 0 Å². The molecule has 3 rings (SSSR count). The fourth-order valence-electron chi connectivity index (χ4n) is 3.07. The number of halogens is 1. The SMILES string of the molecule is Cc1c(Br)ccc2nc3c(n12)CC(C)CC3C. The van der Waals surface area contributed by atoms with Gasteiger partial charge in [-0.3, -0.25) is 4.40 Å². The number of pyridine rings is 1. The van der Waals surface area contributed by atoms with E-state index in [1.165, 1.54) is 23.5 Å². The van der Waals surface area contributed by atoms with Crippen molar-refractivity contribution >= 4 is 21.6 Å². The van der Waals surface area contributed by atoms with Gasteiger partial charge in [0.05, 0.1) is 5.69 Å². The molecule has 2 atom stereocenters. The largest absolute Gasteiger partial charge is 0.300 e. The van der Waals surface area contributed by atoms with Crippen LogP contribution in [0.4, 0.5) is 0 Å². The second-order valence-corrected chi connectivity index (χ2v) is 6.20. The number of aryl methyl sites for hydroxylation is 1. The van der Waals surface area contributed by atoms with E-state index in [1.54, 1.807) is 0 Å². The van der Waals surface area contributed by atoms with Crippen LogP contribution in [-0.2, 0) is 6.42 Å². The standard InChI is InChI=1S/C14H17BrN2/c1-8-6-9(2)14-12(7-8)17-10(3)11(15)4-5-13(17)16-14/h4-5,8-9H,6-7H2,1-3H3. The predicted molar refractivity (Wildman–Crippen MR) is 73.5 cm³/mol. The van der Waals surface area contributed by atoms with E-state index in [4.69, 9.17) is 4.98 Å². The van der Waals surface area contributed by atoms with E-state index in [9.17, 15) is 0 Å². The molecule has 1 aliphatic carbocycles. The normalized spacial score (nSPS) is 24.0. The quantitative estimate of drug-likeness (QED) is 0.715. The molecule has 2 aromatic rings. The highest BCUT2D eigenvalue weighted by Gasteiger charge is 2.26. The Hall–Kier alpha value is -0.830. The van der Waals surface area contributed by atoms with Gasteiger partial charge in [0.25, 0.3) is 0 Å². The molecule has 0 aromatic carbocycles. The first-order valence-corrected chi connectivity index (χ1v) is 7.03. The fraction of sp³-hybridized carbons (Fsp3) is 0.500. The molecule has 2 unspecified atom stereocenters. The number of rotatable bonds is 0. The molecule has 2 heterocycles. The molecule has 0 radical (unpaired) electrons. The zero-order valence-corrected chi connectivity index (χ0v) is 12.1. The summed E-state index contributed by atoms with van der Waals surface area (Å²) in [6, 6.07) is 4.20. The van der Waals surface area contributed by atoms with Crippen molar-refractivity contribution in [3.05, 3.63) is 33.7 Å². The third-order valence-electron chi connectivity index (χ3n) is 3.85. The van der Waals surface area contributed by atoms with E-state index >= 15 is 0 Å². The van der Waals surface area contributed by atoms with Gasteiger partial charge in [-0.05, 0) is 53.7 Å². The summed E-state index contributed by atoms with van der Waals surface area (Å²) in [5.74, 6) is 1.35. The van der Waals surface area contributed by atoms with Crippen LogP contribution in [-0.4, -0.2) is 9.38 Å². The predicted octanol–water partition coefficient (Wildman–Crippen LogP) is 4.09. The lowest BCUT2D eigenvalue weighted by molar-refractivity contribution is 0.437. The van der Waals surface area contributed by atoms with Crippen LogP contribution in [0.2, 0.25) is 0 Å². The first-order chi connectivity index (χ1) is 8.08. The van der Waals surface area contributed by atoms with Crippen LogP contribution in [0.5, 0.6) is 0 Å². The zero-order chi connectivity index (χ0) is 12.2.